The highest BCUT2D eigenvalue weighted by Crippen LogP contribution is 2.29. The third-order valence-corrected chi connectivity index (χ3v) is 2.94. The van der Waals surface area contributed by atoms with Gasteiger partial charge in [-0.3, -0.25) is 0 Å². The average molecular weight is 220 g/mol. The first-order valence-corrected chi connectivity index (χ1v) is 5.35. The van der Waals surface area contributed by atoms with Gasteiger partial charge in [0.1, 0.15) is 5.76 Å². The number of nitrogens with zero attached hydrogens (tertiary/aromatic N) is 2. The summed E-state index contributed by atoms with van der Waals surface area (Å²) in [6.07, 6.45) is 5.51. The van der Waals surface area contributed by atoms with Gasteiger partial charge in [-0.1, -0.05) is 0 Å². The van der Waals surface area contributed by atoms with Gasteiger partial charge < -0.3 is 13.9 Å². The summed E-state index contributed by atoms with van der Waals surface area (Å²) in [5.74, 6) is 2.26. The molecule has 0 saturated heterocycles. The van der Waals surface area contributed by atoms with Crippen LogP contribution in [0.4, 0.5) is 0 Å². The van der Waals surface area contributed by atoms with Gasteiger partial charge >= 0.3 is 0 Å². The Labute approximate surface area is 92.1 Å². The molecule has 0 fully saturated rings. The number of aliphatic hydroxyl groups excluding tert-OH is 1. The van der Waals surface area contributed by atoms with Gasteiger partial charge in [-0.15, -0.1) is 0 Å². The standard InChI is InChI=1S/C11H12N2O3/c14-5-7-1-2-9-8(3-7)13-11(16-9)10-4-12-6-15-10/h4,6-7,14H,1-3,5H2. The number of hydrogen-bond acceptors (Lipinski definition) is 5. The van der Waals surface area contributed by atoms with E-state index in [-0.39, 0.29) is 6.61 Å². The van der Waals surface area contributed by atoms with Crippen molar-refractivity contribution in [2.45, 2.75) is 19.3 Å². The van der Waals surface area contributed by atoms with Gasteiger partial charge in [0.15, 0.2) is 6.39 Å². The minimum Gasteiger partial charge on any atom is -0.438 e. The van der Waals surface area contributed by atoms with Crippen LogP contribution >= 0.6 is 0 Å². The Kier molecular flexibility index (Phi) is 2.25. The zero-order chi connectivity index (χ0) is 11.0. The van der Waals surface area contributed by atoms with E-state index in [0.717, 1.165) is 30.7 Å². The third-order valence-electron chi connectivity index (χ3n) is 2.94. The highest BCUT2D eigenvalue weighted by molar-refractivity contribution is 5.43. The Hall–Kier alpha value is -1.62. The predicted molar refractivity (Wildman–Crippen MR) is 54.6 cm³/mol. The number of aryl methyl sites for hydroxylation is 1. The molecular weight excluding hydrogens is 208 g/mol. The third kappa shape index (κ3) is 1.53. The van der Waals surface area contributed by atoms with Crippen molar-refractivity contribution in [3.63, 3.8) is 0 Å². The van der Waals surface area contributed by atoms with Crippen LogP contribution in [0.2, 0.25) is 0 Å². The molecule has 3 rings (SSSR count). The van der Waals surface area contributed by atoms with Crippen molar-refractivity contribution in [1.29, 1.82) is 0 Å². The molecule has 0 saturated carbocycles. The summed E-state index contributed by atoms with van der Waals surface area (Å²) in [4.78, 5) is 8.21. The van der Waals surface area contributed by atoms with E-state index in [4.69, 9.17) is 13.9 Å². The fourth-order valence-electron chi connectivity index (χ4n) is 2.03. The van der Waals surface area contributed by atoms with E-state index in [1.54, 1.807) is 6.20 Å². The maximum Gasteiger partial charge on any atom is 0.265 e. The molecule has 1 aliphatic carbocycles. The Morgan fingerprint density at radius 3 is 3.19 bits per heavy atom. The molecule has 84 valence electrons. The molecule has 1 atom stereocenters. The van der Waals surface area contributed by atoms with Crippen LogP contribution in [0.1, 0.15) is 17.9 Å². The van der Waals surface area contributed by atoms with Crippen molar-refractivity contribution in [3.05, 3.63) is 24.0 Å². The van der Waals surface area contributed by atoms with E-state index in [1.807, 2.05) is 0 Å². The summed E-state index contributed by atoms with van der Waals surface area (Å²) in [6.45, 7) is 0.212. The summed E-state index contributed by atoms with van der Waals surface area (Å²) >= 11 is 0. The summed E-state index contributed by atoms with van der Waals surface area (Å²) in [7, 11) is 0. The first-order valence-electron chi connectivity index (χ1n) is 5.35. The second-order valence-corrected chi connectivity index (χ2v) is 4.05. The van der Waals surface area contributed by atoms with Gasteiger partial charge in [-0.05, 0) is 18.8 Å². The molecule has 5 nitrogen and oxygen atoms in total. The van der Waals surface area contributed by atoms with E-state index in [0.29, 0.717) is 17.6 Å². The molecule has 0 bridgehead atoms. The molecule has 1 aliphatic rings. The summed E-state index contributed by atoms with van der Waals surface area (Å²) in [5.41, 5.74) is 0.941. The molecule has 1 unspecified atom stereocenters. The monoisotopic (exact) mass is 220 g/mol. The molecule has 0 aromatic carbocycles. The zero-order valence-electron chi connectivity index (χ0n) is 8.72. The van der Waals surface area contributed by atoms with Crippen LogP contribution < -0.4 is 0 Å². The molecule has 5 heteroatoms. The number of aliphatic hydroxyl groups is 1. The molecule has 0 radical (unpaired) electrons. The van der Waals surface area contributed by atoms with Gasteiger partial charge in [-0.2, -0.15) is 0 Å². The molecular formula is C11H12N2O3. The fourth-order valence-corrected chi connectivity index (χ4v) is 2.03. The van der Waals surface area contributed by atoms with Crippen molar-refractivity contribution in [1.82, 2.24) is 9.97 Å². The first-order chi connectivity index (χ1) is 7.86. The maximum absolute atomic E-state index is 9.12. The Bertz CT molecular complexity index is 475. The lowest BCUT2D eigenvalue weighted by molar-refractivity contribution is 0.209. The SMILES string of the molecule is OCC1CCc2oc(-c3cnco3)nc2C1. The van der Waals surface area contributed by atoms with Crippen molar-refractivity contribution in [2.75, 3.05) is 6.61 Å². The molecule has 2 aromatic rings. The van der Waals surface area contributed by atoms with Crippen molar-refractivity contribution < 1.29 is 13.9 Å². The van der Waals surface area contributed by atoms with Gasteiger partial charge in [0, 0.05) is 13.0 Å². The van der Waals surface area contributed by atoms with Gasteiger partial charge in [0.2, 0.25) is 5.76 Å². The van der Waals surface area contributed by atoms with Gasteiger partial charge in [-0.25, -0.2) is 9.97 Å². The van der Waals surface area contributed by atoms with E-state index in [9.17, 15) is 0 Å². The number of aromatic nitrogens is 2. The number of hydrogen-bond donors (Lipinski definition) is 1. The van der Waals surface area contributed by atoms with Crippen LogP contribution in [-0.4, -0.2) is 21.7 Å². The molecule has 0 aliphatic heterocycles. The number of rotatable bonds is 2. The predicted octanol–water partition coefficient (Wildman–Crippen LogP) is 1.43. The molecule has 2 heterocycles. The van der Waals surface area contributed by atoms with E-state index in [2.05, 4.69) is 9.97 Å². The van der Waals surface area contributed by atoms with Crippen LogP contribution in [-0.2, 0) is 12.8 Å². The lowest BCUT2D eigenvalue weighted by atomic mass is 9.91. The second kappa shape index (κ2) is 3.75. The van der Waals surface area contributed by atoms with Crippen LogP contribution in [0.15, 0.2) is 21.4 Å². The van der Waals surface area contributed by atoms with Crippen molar-refractivity contribution >= 4 is 0 Å². The van der Waals surface area contributed by atoms with Crippen LogP contribution in [0.5, 0.6) is 0 Å². The molecule has 1 N–H and O–H groups in total. The van der Waals surface area contributed by atoms with Crippen LogP contribution in [0.25, 0.3) is 11.7 Å². The van der Waals surface area contributed by atoms with E-state index >= 15 is 0 Å². The van der Waals surface area contributed by atoms with Gasteiger partial charge in [0.25, 0.3) is 5.89 Å². The zero-order valence-corrected chi connectivity index (χ0v) is 8.72. The largest absolute Gasteiger partial charge is 0.438 e. The average Bonchev–Trinajstić information content (AvgIpc) is 2.96. The highest BCUT2D eigenvalue weighted by Gasteiger charge is 2.24. The molecule has 16 heavy (non-hydrogen) atoms. The normalized spacial score (nSPS) is 19.7. The molecule has 0 amide bonds. The van der Waals surface area contributed by atoms with Gasteiger partial charge in [0.05, 0.1) is 11.9 Å². The summed E-state index contributed by atoms with van der Waals surface area (Å²) in [6, 6.07) is 0. The van der Waals surface area contributed by atoms with Crippen LogP contribution in [0, 0.1) is 5.92 Å². The second-order valence-electron chi connectivity index (χ2n) is 4.05. The Morgan fingerprint density at radius 1 is 1.50 bits per heavy atom. The van der Waals surface area contributed by atoms with Crippen molar-refractivity contribution in [3.8, 4) is 11.7 Å². The Balaban J connectivity index is 1.92. The Morgan fingerprint density at radius 2 is 2.44 bits per heavy atom. The summed E-state index contributed by atoms with van der Waals surface area (Å²) < 4.78 is 10.8. The minimum atomic E-state index is 0.212. The summed E-state index contributed by atoms with van der Waals surface area (Å²) in [5, 5.41) is 9.12. The van der Waals surface area contributed by atoms with E-state index < -0.39 is 0 Å². The minimum absolute atomic E-state index is 0.212. The topological polar surface area (TPSA) is 72.3 Å². The lowest BCUT2D eigenvalue weighted by Crippen LogP contribution is -2.16. The highest BCUT2D eigenvalue weighted by atomic mass is 16.4. The lowest BCUT2D eigenvalue weighted by Gasteiger charge is -2.16. The van der Waals surface area contributed by atoms with Crippen LogP contribution in [0.3, 0.4) is 0 Å². The quantitative estimate of drug-likeness (QED) is 0.828. The number of fused-ring (bicyclic) bond motifs is 1. The molecule has 2 aromatic heterocycles. The van der Waals surface area contributed by atoms with E-state index in [1.165, 1.54) is 6.39 Å². The fraction of sp³-hybridized carbons (Fsp3) is 0.455. The number of oxazole rings is 2. The molecule has 0 spiro atoms. The maximum atomic E-state index is 9.12. The first kappa shape index (κ1) is 9.59. The van der Waals surface area contributed by atoms with Crippen molar-refractivity contribution in [2.24, 2.45) is 5.92 Å². The smallest absolute Gasteiger partial charge is 0.265 e.